The Balaban J connectivity index is 1.54. The number of halogens is 1. The molecule has 2 amide bonds. The zero-order valence-electron chi connectivity index (χ0n) is 22.2. The predicted molar refractivity (Wildman–Crippen MR) is 151 cm³/mol. The van der Waals surface area contributed by atoms with Gasteiger partial charge in [0.25, 0.3) is 0 Å². The van der Waals surface area contributed by atoms with Gasteiger partial charge in [0.15, 0.2) is 0 Å². The molecule has 0 radical (unpaired) electrons. The smallest absolute Gasteiger partial charge is 0.308 e. The summed E-state index contributed by atoms with van der Waals surface area (Å²) in [5, 5.41) is 8.15. The molecule has 0 fully saturated rings. The summed E-state index contributed by atoms with van der Waals surface area (Å²) in [6.07, 6.45) is 2.73. The van der Waals surface area contributed by atoms with Gasteiger partial charge in [-0.2, -0.15) is 5.10 Å². The molecule has 0 saturated carbocycles. The lowest BCUT2D eigenvalue weighted by Crippen LogP contribution is -2.38. The van der Waals surface area contributed by atoms with Crippen LogP contribution in [-0.2, 0) is 13.0 Å². The Morgan fingerprint density at radius 1 is 1.00 bits per heavy atom. The first-order chi connectivity index (χ1) is 18.9. The van der Waals surface area contributed by atoms with Crippen LogP contribution in [-0.4, -0.2) is 25.3 Å². The van der Waals surface area contributed by atoms with Gasteiger partial charge in [0.05, 0.1) is 29.7 Å². The van der Waals surface area contributed by atoms with Crippen LogP contribution in [0.1, 0.15) is 46.6 Å². The fourth-order valence-electron chi connectivity index (χ4n) is 5.48. The molecule has 3 heterocycles. The summed E-state index contributed by atoms with van der Waals surface area (Å²) in [4.78, 5) is 16.0. The maximum absolute atomic E-state index is 14.1. The minimum atomic E-state index is -0.451. The summed E-state index contributed by atoms with van der Waals surface area (Å²) >= 11 is 0. The van der Waals surface area contributed by atoms with E-state index in [2.05, 4.69) is 22.9 Å². The molecular weight excluding hydrogens is 489 g/mol. The van der Waals surface area contributed by atoms with E-state index >= 15 is 0 Å². The molecule has 0 spiro atoms. The van der Waals surface area contributed by atoms with E-state index in [1.165, 1.54) is 12.1 Å². The van der Waals surface area contributed by atoms with Crippen molar-refractivity contribution in [2.75, 3.05) is 5.32 Å². The number of amides is 2. The number of fused-ring (bicyclic) bond motifs is 3. The first kappa shape index (κ1) is 24.7. The molecule has 1 N–H and O–H groups in total. The maximum Gasteiger partial charge on any atom is 0.322 e. The highest BCUT2D eigenvalue weighted by Crippen LogP contribution is 2.39. The highest BCUT2D eigenvalue weighted by atomic mass is 19.1. The van der Waals surface area contributed by atoms with Gasteiger partial charge >= 0.3 is 6.03 Å². The Morgan fingerprint density at radius 3 is 2.49 bits per heavy atom. The van der Waals surface area contributed by atoms with Crippen LogP contribution < -0.4 is 5.32 Å². The van der Waals surface area contributed by atoms with E-state index in [4.69, 9.17) is 5.10 Å². The van der Waals surface area contributed by atoms with Gasteiger partial charge in [-0.25, -0.2) is 13.9 Å². The molecule has 2 aromatic heterocycles. The predicted octanol–water partition coefficient (Wildman–Crippen LogP) is 7.12. The molecule has 1 aliphatic rings. The molecular formula is C32H30FN5O. The van der Waals surface area contributed by atoms with E-state index in [1.54, 1.807) is 12.1 Å². The lowest BCUT2D eigenvalue weighted by molar-refractivity contribution is 0.194. The minimum absolute atomic E-state index is 0.230. The Morgan fingerprint density at radius 2 is 1.77 bits per heavy atom. The molecule has 0 aliphatic carbocycles. The molecule has 196 valence electrons. The summed E-state index contributed by atoms with van der Waals surface area (Å²) in [5.41, 5.74) is 7.47. The number of para-hydroxylation sites is 1. The van der Waals surface area contributed by atoms with Crippen LogP contribution in [0.4, 0.5) is 14.9 Å². The molecule has 0 saturated heterocycles. The van der Waals surface area contributed by atoms with Gasteiger partial charge in [-0.1, -0.05) is 55.0 Å². The number of carbonyl (C=O) groups excluding carboxylic acids is 1. The number of hydrogen-bond donors (Lipinski definition) is 1. The fraction of sp³-hybridized carbons (Fsp3) is 0.188. The summed E-state index contributed by atoms with van der Waals surface area (Å²) < 4.78 is 18.1. The highest BCUT2D eigenvalue weighted by Gasteiger charge is 2.36. The van der Waals surface area contributed by atoms with Crippen molar-refractivity contribution in [2.24, 2.45) is 0 Å². The maximum atomic E-state index is 14.1. The summed E-state index contributed by atoms with van der Waals surface area (Å²) in [7, 11) is 0. The van der Waals surface area contributed by atoms with Gasteiger partial charge < -0.3 is 14.8 Å². The number of rotatable bonds is 4. The van der Waals surface area contributed by atoms with E-state index in [9.17, 15) is 9.18 Å². The van der Waals surface area contributed by atoms with Crippen molar-refractivity contribution in [3.05, 3.63) is 131 Å². The number of benzene rings is 3. The second-order valence-electron chi connectivity index (χ2n) is 9.98. The standard InChI is InChI=1S/C32H30FN5O/c1-4-27-26-20-37(32(39)34-28-17-12-21(2)19-22(28)3)30(23-13-15-24(33)16-14-23)29-11-8-18-36(29)31(26)38(35-27)25-9-6-5-7-10-25/h5-19,30H,4,20H2,1-3H3,(H,34,39). The number of hydrogen-bond acceptors (Lipinski definition) is 2. The van der Waals surface area contributed by atoms with Gasteiger partial charge in [-0.3, -0.25) is 0 Å². The number of nitrogens with one attached hydrogen (secondary N) is 1. The molecule has 6 rings (SSSR count). The molecule has 1 unspecified atom stereocenters. The molecule has 39 heavy (non-hydrogen) atoms. The zero-order chi connectivity index (χ0) is 27.1. The monoisotopic (exact) mass is 519 g/mol. The fourth-order valence-corrected chi connectivity index (χ4v) is 5.48. The Bertz CT molecular complexity index is 1650. The van der Waals surface area contributed by atoms with Crippen molar-refractivity contribution in [2.45, 2.75) is 39.8 Å². The Hall–Kier alpha value is -4.65. The van der Waals surface area contributed by atoms with Crippen molar-refractivity contribution in [3.8, 4) is 11.5 Å². The van der Waals surface area contributed by atoms with Crippen LogP contribution in [0, 0.1) is 19.7 Å². The van der Waals surface area contributed by atoms with Crippen molar-refractivity contribution < 1.29 is 9.18 Å². The normalized spacial score (nSPS) is 14.5. The van der Waals surface area contributed by atoms with Crippen LogP contribution in [0.15, 0.2) is 91.1 Å². The summed E-state index contributed by atoms with van der Waals surface area (Å²) in [6.45, 7) is 6.44. The van der Waals surface area contributed by atoms with Gasteiger partial charge in [0.2, 0.25) is 0 Å². The van der Waals surface area contributed by atoms with E-state index in [1.807, 2.05) is 84.2 Å². The molecule has 1 aliphatic heterocycles. The first-order valence-electron chi connectivity index (χ1n) is 13.2. The molecule has 5 aromatic rings. The summed E-state index contributed by atoms with van der Waals surface area (Å²) in [5.74, 6) is 0.595. The van der Waals surface area contributed by atoms with E-state index in [0.717, 1.165) is 50.8 Å². The third kappa shape index (κ3) is 4.40. The number of carbonyl (C=O) groups is 1. The second kappa shape index (κ2) is 9.91. The average molecular weight is 520 g/mol. The molecule has 3 aromatic carbocycles. The number of urea groups is 1. The van der Waals surface area contributed by atoms with Gasteiger partial charge in [-0.05, 0) is 73.9 Å². The number of anilines is 1. The van der Waals surface area contributed by atoms with Crippen molar-refractivity contribution >= 4 is 11.7 Å². The molecule has 7 heteroatoms. The minimum Gasteiger partial charge on any atom is -0.308 e. The average Bonchev–Trinajstić information content (AvgIpc) is 3.52. The highest BCUT2D eigenvalue weighted by molar-refractivity contribution is 5.91. The Labute approximate surface area is 227 Å². The largest absolute Gasteiger partial charge is 0.322 e. The van der Waals surface area contributed by atoms with Crippen molar-refractivity contribution in [1.29, 1.82) is 0 Å². The summed E-state index contributed by atoms with van der Waals surface area (Å²) in [6, 6.07) is 25.7. The number of aryl methyl sites for hydroxylation is 3. The third-order valence-electron chi connectivity index (χ3n) is 7.37. The van der Waals surface area contributed by atoms with Crippen LogP contribution in [0.2, 0.25) is 0 Å². The zero-order valence-corrected chi connectivity index (χ0v) is 22.2. The van der Waals surface area contributed by atoms with Crippen molar-refractivity contribution in [3.63, 3.8) is 0 Å². The topological polar surface area (TPSA) is 55.1 Å². The van der Waals surface area contributed by atoms with Gasteiger partial charge in [0.1, 0.15) is 11.6 Å². The van der Waals surface area contributed by atoms with Crippen LogP contribution in [0.25, 0.3) is 11.5 Å². The van der Waals surface area contributed by atoms with E-state index < -0.39 is 6.04 Å². The van der Waals surface area contributed by atoms with Gasteiger partial charge in [-0.15, -0.1) is 0 Å². The lowest BCUT2D eigenvalue weighted by Gasteiger charge is -2.31. The molecule has 1 atom stereocenters. The van der Waals surface area contributed by atoms with Crippen LogP contribution in [0.5, 0.6) is 0 Å². The number of nitrogens with zero attached hydrogens (tertiary/aromatic N) is 4. The third-order valence-corrected chi connectivity index (χ3v) is 7.37. The number of aromatic nitrogens is 3. The van der Waals surface area contributed by atoms with Crippen molar-refractivity contribution in [1.82, 2.24) is 19.2 Å². The van der Waals surface area contributed by atoms with E-state index in [-0.39, 0.29) is 11.8 Å². The van der Waals surface area contributed by atoms with E-state index in [0.29, 0.717) is 13.0 Å². The first-order valence-corrected chi connectivity index (χ1v) is 13.2. The second-order valence-corrected chi connectivity index (χ2v) is 9.98. The van der Waals surface area contributed by atoms with Crippen LogP contribution in [0.3, 0.4) is 0 Å². The van der Waals surface area contributed by atoms with Crippen LogP contribution >= 0.6 is 0 Å². The lowest BCUT2D eigenvalue weighted by atomic mass is 10.0. The van der Waals surface area contributed by atoms with Gasteiger partial charge in [0, 0.05) is 17.4 Å². The molecule has 6 nitrogen and oxygen atoms in total. The quantitative estimate of drug-likeness (QED) is 0.275. The molecule has 0 bridgehead atoms. The SMILES string of the molecule is CCc1nn(-c2ccccc2)c2c1CN(C(=O)Nc1ccc(C)cc1C)C(c1ccc(F)cc1)c1cccn1-2. The Kier molecular flexibility index (Phi) is 6.27.